The molecule has 0 atom stereocenters. The first-order valence-corrected chi connectivity index (χ1v) is 4.55. The highest BCUT2D eigenvalue weighted by molar-refractivity contribution is 14.1. The van der Waals surface area contributed by atoms with Crippen LogP contribution in [0.4, 0.5) is 0 Å². The molecule has 2 aromatic rings. The first kappa shape index (κ1) is 7.86. The molecule has 0 saturated carbocycles. The van der Waals surface area contributed by atoms with E-state index in [-0.39, 0.29) is 0 Å². The van der Waals surface area contributed by atoms with Gasteiger partial charge in [0.15, 0.2) is 23.0 Å². The highest BCUT2D eigenvalue weighted by Crippen LogP contribution is 2.21. The molecule has 12 heavy (non-hydrogen) atoms. The van der Waals surface area contributed by atoms with Gasteiger partial charge in [-0.05, 0) is 22.9 Å². The summed E-state index contributed by atoms with van der Waals surface area (Å²) in [5.41, 5.74) is 0. The maximum atomic E-state index is 5.09. The van der Waals surface area contributed by atoms with Crippen LogP contribution in [-0.4, -0.2) is 0 Å². The first-order chi connectivity index (χ1) is 5.90. The van der Waals surface area contributed by atoms with Gasteiger partial charge in [0.05, 0.1) is 0 Å². The number of benzene rings is 2. The Bertz CT molecular complexity index is 398. The fourth-order valence-electron chi connectivity index (χ4n) is 1.22. The van der Waals surface area contributed by atoms with Crippen molar-refractivity contribution in [2.75, 3.05) is 0 Å². The van der Waals surface area contributed by atoms with E-state index < -0.39 is 0 Å². The Morgan fingerprint density at radius 3 is 2.42 bits per heavy atom. The van der Waals surface area contributed by atoms with E-state index in [4.69, 9.17) is 3.07 Å². The molecule has 0 N–H and O–H groups in total. The molecule has 0 unspecified atom stereocenters. The molecule has 0 fully saturated rings. The van der Waals surface area contributed by atoms with Gasteiger partial charge in [-0.3, -0.25) is 0 Å². The van der Waals surface area contributed by atoms with Crippen LogP contribution >= 0.6 is 23.0 Å². The molecular formula is C10H7IO. The van der Waals surface area contributed by atoms with Gasteiger partial charge in [0.1, 0.15) is 5.75 Å². The smallest absolute Gasteiger partial charge is 0.192 e. The summed E-state index contributed by atoms with van der Waals surface area (Å²) in [5.74, 6) is 0.898. The molecule has 2 rings (SSSR count). The average molecular weight is 270 g/mol. The number of fused-ring (bicyclic) bond motifs is 1. The molecule has 0 heterocycles. The third-order valence-electron chi connectivity index (χ3n) is 1.81. The van der Waals surface area contributed by atoms with Crippen molar-refractivity contribution in [2.24, 2.45) is 0 Å². The van der Waals surface area contributed by atoms with E-state index in [0.717, 1.165) is 5.75 Å². The topological polar surface area (TPSA) is 9.23 Å². The van der Waals surface area contributed by atoms with E-state index in [9.17, 15) is 0 Å². The largest absolute Gasteiger partial charge is 0.428 e. The monoisotopic (exact) mass is 270 g/mol. The molecule has 0 amide bonds. The second-order valence-electron chi connectivity index (χ2n) is 2.59. The molecule has 1 nitrogen and oxygen atoms in total. The number of rotatable bonds is 1. The zero-order chi connectivity index (χ0) is 8.39. The van der Waals surface area contributed by atoms with Crippen molar-refractivity contribution in [2.45, 2.75) is 0 Å². The molecule has 0 aromatic heterocycles. The predicted molar refractivity (Wildman–Crippen MR) is 58.6 cm³/mol. The van der Waals surface area contributed by atoms with E-state index in [1.807, 2.05) is 47.3 Å². The minimum atomic E-state index is 0.898. The summed E-state index contributed by atoms with van der Waals surface area (Å²) in [7, 11) is 0. The minimum Gasteiger partial charge on any atom is -0.428 e. The normalized spacial score (nSPS) is 10.1. The van der Waals surface area contributed by atoms with Crippen LogP contribution in [0.15, 0.2) is 42.5 Å². The van der Waals surface area contributed by atoms with E-state index in [1.165, 1.54) is 10.8 Å². The molecule has 0 aliphatic rings. The molecular weight excluding hydrogens is 263 g/mol. The summed E-state index contributed by atoms with van der Waals surface area (Å²) in [5, 5.41) is 2.46. The maximum Gasteiger partial charge on any atom is 0.192 e. The molecule has 0 radical (unpaired) electrons. The molecule has 0 aliphatic heterocycles. The van der Waals surface area contributed by atoms with Crippen molar-refractivity contribution in [3.63, 3.8) is 0 Å². The Morgan fingerprint density at radius 2 is 1.67 bits per heavy atom. The highest BCUT2D eigenvalue weighted by Gasteiger charge is 1.94. The average Bonchev–Trinajstić information content (AvgIpc) is 2.17. The summed E-state index contributed by atoms with van der Waals surface area (Å²) in [6, 6.07) is 14.3. The highest BCUT2D eigenvalue weighted by atomic mass is 127. The zero-order valence-corrected chi connectivity index (χ0v) is 8.49. The van der Waals surface area contributed by atoms with Crippen molar-refractivity contribution < 1.29 is 3.07 Å². The van der Waals surface area contributed by atoms with Gasteiger partial charge in [0.25, 0.3) is 0 Å². The van der Waals surface area contributed by atoms with Crippen LogP contribution in [0.1, 0.15) is 0 Å². The molecule has 2 heteroatoms. The van der Waals surface area contributed by atoms with Crippen LogP contribution in [0.3, 0.4) is 0 Å². The van der Waals surface area contributed by atoms with Crippen LogP contribution in [0, 0.1) is 0 Å². The van der Waals surface area contributed by atoms with Crippen molar-refractivity contribution in [3.8, 4) is 5.75 Å². The summed E-state index contributed by atoms with van der Waals surface area (Å²) in [4.78, 5) is 0. The fourth-order valence-corrected chi connectivity index (χ4v) is 1.49. The van der Waals surface area contributed by atoms with Gasteiger partial charge in [-0.1, -0.05) is 30.3 Å². The van der Waals surface area contributed by atoms with Crippen LogP contribution in [0.2, 0.25) is 0 Å². The summed E-state index contributed by atoms with van der Waals surface area (Å²) < 4.78 is 5.09. The lowest BCUT2D eigenvalue weighted by atomic mass is 10.1. The van der Waals surface area contributed by atoms with Gasteiger partial charge in [0.2, 0.25) is 0 Å². The first-order valence-electron chi connectivity index (χ1n) is 3.67. The van der Waals surface area contributed by atoms with Crippen molar-refractivity contribution >= 4 is 33.8 Å². The predicted octanol–water partition coefficient (Wildman–Crippen LogP) is 3.57. The fraction of sp³-hybridized carbons (Fsp3) is 0. The number of hydrogen-bond donors (Lipinski definition) is 0. The lowest BCUT2D eigenvalue weighted by Gasteiger charge is -1.99. The molecule has 0 spiro atoms. The van der Waals surface area contributed by atoms with Crippen molar-refractivity contribution in [3.05, 3.63) is 42.5 Å². The van der Waals surface area contributed by atoms with Gasteiger partial charge >= 0.3 is 0 Å². The lowest BCUT2D eigenvalue weighted by molar-refractivity contribution is 0.718. The second-order valence-corrected chi connectivity index (χ2v) is 3.03. The van der Waals surface area contributed by atoms with Crippen LogP contribution in [0.5, 0.6) is 5.75 Å². The molecule has 0 bridgehead atoms. The van der Waals surface area contributed by atoms with Gasteiger partial charge in [-0.2, -0.15) is 0 Å². The second kappa shape index (κ2) is 3.31. The van der Waals surface area contributed by atoms with Crippen LogP contribution < -0.4 is 3.07 Å². The lowest BCUT2D eigenvalue weighted by Crippen LogP contribution is -1.74. The third kappa shape index (κ3) is 1.39. The van der Waals surface area contributed by atoms with E-state index in [1.54, 1.807) is 0 Å². The Morgan fingerprint density at radius 1 is 0.917 bits per heavy atom. The Hall–Kier alpha value is -0.770. The quantitative estimate of drug-likeness (QED) is 0.720. The molecule has 0 aliphatic carbocycles. The van der Waals surface area contributed by atoms with Gasteiger partial charge in [0, 0.05) is 0 Å². The standard InChI is InChI=1S/C10H7IO/c11-12-10-6-5-8-3-1-2-4-9(8)7-10/h1-7H. The Labute approximate surface area is 85.0 Å². The summed E-state index contributed by atoms with van der Waals surface area (Å²) in [6.45, 7) is 0. The SMILES string of the molecule is IOc1ccc2ccccc2c1. The van der Waals surface area contributed by atoms with Crippen LogP contribution in [0.25, 0.3) is 10.8 Å². The van der Waals surface area contributed by atoms with Crippen molar-refractivity contribution in [1.82, 2.24) is 0 Å². The van der Waals surface area contributed by atoms with E-state index in [2.05, 4.69) is 18.2 Å². The number of halogens is 1. The molecule has 0 saturated heterocycles. The Balaban J connectivity index is 2.67. The van der Waals surface area contributed by atoms with Gasteiger partial charge in [-0.25, -0.2) is 0 Å². The summed E-state index contributed by atoms with van der Waals surface area (Å²) >= 11 is 1.89. The van der Waals surface area contributed by atoms with Gasteiger partial charge < -0.3 is 3.07 Å². The molecule has 60 valence electrons. The Kier molecular flexibility index (Phi) is 2.17. The van der Waals surface area contributed by atoms with E-state index >= 15 is 0 Å². The minimum absolute atomic E-state index is 0.898. The van der Waals surface area contributed by atoms with Crippen molar-refractivity contribution in [1.29, 1.82) is 0 Å². The number of hydrogen-bond acceptors (Lipinski definition) is 1. The summed E-state index contributed by atoms with van der Waals surface area (Å²) in [6.07, 6.45) is 0. The van der Waals surface area contributed by atoms with Crippen LogP contribution in [-0.2, 0) is 0 Å². The zero-order valence-electron chi connectivity index (χ0n) is 6.33. The third-order valence-corrected chi connectivity index (χ3v) is 2.32. The van der Waals surface area contributed by atoms with Gasteiger partial charge in [-0.15, -0.1) is 0 Å². The maximum absolute atomic E-state index is 5.09. The molecule has 2 aromatic carbocycles. The van der Waals surface area contributed by atoms with E-state index in [0.29, 0.717) is 0 Å².